The molecular formula is C26H24F2N2O5. The molecule has 2 aromatic carbocycles. The van der Waals surface area contributed by atoms with Crippen molar-refractivity contribution >= 4 is 18.0 Å². The number of fused-ring (bicyclic) bond motifs is 3. The summed E-state index contributed by atoms with van der Waals surface area (Å²) in [6.45, 7) is -0.128. The zero-order valence-electron chi connectivity index (χ0n) is 19.0. The molecule has 2 amide bonds. The van der Waals surface area contributed by atoms with Gasteiger partial charge in [0, 0.05) is 18.9 Å². The topological polar surface area (TPSA) is 95.9 Å². The van der Waals surface area contributed by atoms with Crippen LogP contribution in [0.1, 0.15) is 30.4 Å². The molecule has 2 atom stereocenters. The standard InChI is InChI=1S/C26H24F2N2O5/c1-2-3-12-22(23(31)30-13-21(24(32)33)26(27,28)15-30)29-25(34)35-14-20-18-10-6-4-8-16(18)17-9-5-7-11-19(17)20/h4-11,20-22H,12-15H2,1H3,(H,29,34)(H,32,33). The van der Waals surface area contributed by atoms with Gasteiger partial charge in [-0.05, 0) is 29.2 Å². The number of hydrogen-bond acceptors (Lipinski definition) is 4. The van der Waals surface area contributed by atoms with Crippen molar-refractivity contribution < 1.29 is 33.0 Å². The molecule has 0 saturated carbocycles. The number of benzene rings is 2. The Morgan fingerprint density at radius 2 is 1.74 bits per heavy atom. The number of alkyl carbamates (subject to hydrolysis) is 1. The second-order valence-corrected chi connectivity index (χ2v) is 8.52. The van der Waals surface area contributed by atoms with E-state index in [4.69, 9.17) is 9.84 Å². The van der Waals surface area contributed by atoms with Crippen molar-refractivity contribution in [3.63, 3.8) is 0 Å². The van der Waals surface area contributed by atoms with Gasteiger partial charge < -0.3 is 20.1 Å². The Labute approximate surface area is 201 Å². The zero-order chi connectivity index (χ0) is 25.2. The molecule has 9 heteroatoms. The molecule has 2 N–H and O–H groups in total. The third-order valence-electron chi connectivity index (χ3n) is 6.34. The summed E-state index contributed by atoms with van der Waals surface area (Å²) in [4.78, 5) is 37.4. The lowest BCUT2D eigenvalue weighted by Crippen LogP contribution is -2.48. The summed E-state index contributed by atoms with van der Waals surface area (Å²) < 4.78 is 33.6. The number of carboxylic acids is 1. The number of hydrogen-bond donors (Lipinski definition) is 2. The number of nitrogens with one attached hydrogen (secondary N) is 1. The number of likely N-dealkylation sites (tertiary alicyclic amines) is 1. The predicted octanol–water partition coefficient (Wildman–Crippen LogP) is 3.49. The Kier molecular flexibility index (Phi) is 6.74. The number of nitrogens with zero attached hydrogens (tertiary/aromatic N) is 1. The van der Waals surface area contributed by atoms with Gasteiger partial charge in [0.05, 0.1) is 6.54 Å². The number of aliphatic carboxylic acids is 1. The molecule has 1 heterocycles. The number of ether oxygens (including phenoxy) is 1. The van der Waals surface area contributed by atoms with Crippen molar-refractivity contribution in [2.75, 3.05) is 19.7 Å². The molecule has 0 bridgehead atoms. The Hall–Kier alpha value is -3.93. The van der Waals surface area contributed by atoms with Crippen LogP contribution in [0.2, 0.25) is 0 Å². The Morgan fingerprint density at radius 3 is 2.29 bits per heavy atom. The molecule has 0 aromatic heterocycles. The van der Waals surface area contributed by atoms with E-state index in [9.17, 15) is 23.2 Å². The molecule has 35 heavy (non-hydrogen) atoms. The van der Waals surface area contributed by atoms with Crippen LogP contribution in [0.4, 0.5) is 13.6 Å². The van der Waals surface area contributed by atoms with Crippen molar-refractivity contribution in [1.29, 1.82) is 0 Å². The van der Waals surface area contributed by atoms with E-state index in [1.54, 1.807) is 6.92 Å². The number of carbonyl (C=O) groups is 3. The van der Waals surface area contributed by atoms with Crippen LogP contribution < -0.4 is 5.32 Å². The summed E-state index contributed by atoms with van der Waals surface area (Å²) in [5.74, 6) is -2.99. The second-order valence-electron chi connectivity index (χ2n) is 8.52. The van der Waals surface area contributed by atoms with Gasteiger partial charge >= 0.3 is 12.1 Å². The number of alkyl halides is 2. The average molecular weight is 482 g/mol. The van der Waals surface area contributed by atoms with Crippen molar-refractivity contribution in [2.45, 2.75) is 31.2 Å². The normalized spacial score (nSPS) is 18.6. The SMILES string of the molecule is CC#CCC(NC(=O)OCC1c2ccccc2-c2ccccc21)C(=O)N1CC(C(=O)O)C(F)(F)C1. The zero-order valence-corrected chi connectivity index (χ0v) is 19.0. The first-order valence-electron chi connectivity index (χ1n) is 11.1. The van der Waals surface area contributed by atoms with E-state index in [0.29, 0.717) is 0 Å². The first-order chi connectivity index (χ1) is 16.7. The maximum Gasteiger partial charge on any atom is 0.407 e. The smallest absolute Gasteiger partial charge is 0.407 e. The van der Waals surface area contributed by atoms with Gasteiger partial charge in [0.25, 0.3) is 5.92 Å². The molecule has 1 fully saturated rings. The Morgan fingerprint density at radius 1 is 1.14 bits per heavy atom. The van der Waals surface area contributed by atoms with Crippen molar-refractivity contribution in [1.82, 2.24) is 10.2 Å². The molecule has 4 rings (SSSR count). The third kappa shape index (κ3) is 4.83. The summed E-state index contributed by atoms with van der Waals surface area (Å²) in [5.41, 5.74) is 4.16. The van der Waals surface area contributed by atoms with Gasteiger partial charge in [-0.15, -0.1) is 11.8 Å². The Bertz CT molecular complexity index is 1170. The average Bonchev–Trinajstić information content (AvgIpc) is 3.34. The van der Waals surface area contributed by atoms with Crippen LogP contribution in [0.3, 0.4) is 0 Å². The third-order valence-corrected chi connectivity index (χ3v) is 6.34. The molecular weight excluding hydrogens is 458 g/mol. The van der Waals surface area contributed by atoms with Crippen molar-refractivity contribution in [3.05, 3.63) is 59.7 Å². The number of carbonyl (C=O) groups excluding carboxylic acids is 2. The summed E-state index contributed by atoms with van der Waals surface area (Å²) in [5, 5.41) is 11.5. The maximum absolute atomic E-state index is 14.1. The minimum Gasteiger partial charge on any atom is -0.481 e. The van der Waals surface area contributed by atoms with E-state index < -0.39 is 48.9 Å². The van der Waals surface area contributed by atoms with Crippen LogP contribution in [0, 0.1) is 17.8 Å². The van der Waals surface area contributed by atoms with Crippen LogP contribution in [0.25, 0.3) is 11.1 Å². The van der Waals surface area contributed by atoms with Gasteiger partial charge in [-0.2, -0.15) is 0 Å². The summed E-state index contributed by atoms with van der Waals surface area (Å²) in [7, 11) is 0. The van der Waals surface area contributed by atoms with Crippen LogP contribution in [0.5, 0.6) is 0 Å². The number of rotatable bonds is 6. The quantitative estimate of drug-likeness (QED) is 0.615. The van der Waals surface area contributed by atoms with Gasteiger partial charge in [0.15, 0.2) is 0 Å². The molecule has 0 spiro atoms. The van der Waals surface area contributed by atoms with Crippen LogP contribution in [0.15, 0.2) is 48.5 Å². The summed E-state index contributed by atoms with van der Waals surface area (Å²) in [6, 6.07) is 14.4. The van der Waals surface area contributed by atoms with E-state index in [0.717, 1.165) is 27.2 Å². The summed E-state index contributed by atoms with van der Waals surface area (Å²) in [6.07, 6.45) is -1.01. The van der Waals surface area contributed by atoms with E-state index in [1.807, 2.05) is 48.5 Å². The summed E-state index contributed by atoms with van der Waals surface area (Å²) >= 11 is 0. The van der Waals surface area contributed by atoms with Gasteiger partial charge in [0.1, 0.15) is 18.6 Å². The lowest BCUT2D eigenvalue weighted by Gasteiger charge is -2.23. The minimum absolute atomic E-state index is 0.0170. The highest BCUT2D eigenvalue weighted by Gasteiger charge is 2.54. The fraction of sp³-hybridized carbons (Fsp3) is 0.346. The first-order valence-corrected chi connectivity index (χ1v) is 11.1. The highest BCUT2D eigenvalue weighted by molar-refractivity contribution is 5.87. The monoisotopic (exact) mass is 482 g/mol. The second kappa shape index (κ2) is 9.74. The molecule has 2 aliphatic rings. The number of amides is 2. The van der Waals surface area contributed by atoms with Gasteiger partial charge in [-0.25, -0.2) is 13.6 Å². The largest absolute Gasteiger partial charge is 0.481 e. The molecule has 7 nitrogen and oxygen atoms in total. The molecule has 182 valence electrons. The fourth-order valence-corrected chi connectivity index (χ4v) is 4.62. The van der Waals surface area contributed by atoms with E-state index in [-0.39, 0.29) is 18.9 Å². The first kappa shape index (κ1) is 24.2. The molecule has 2 unspecified atom stereocenters. The van der Waals surface area contributed by atoms with Crippen molar-refractivity contribution in [2.24, 2.45) is 5.92 Å². The maximum atomic E-state index is 14.1. The van der Waals surface area contributed by atoms with Crippen LogP contribution in [-0.2, 0) is 14.3 Å². The van der Waals surface area contributed by atoms with E-state index in [1.165, 1.54) is 0 Å². The van der Waals surface area contributed by atoms with Crippen LogP contribution >= 0.6 is 0 Å². The number of halogens is 2. The molecule has 1 aliphatic carbocycles. The van der Waals surface area contributed by atoms with E-state index >= 15 is 0 Å². The Balaban J connectivity index is 1.44. The lowest BCUT2D eigenvalue weighted by molar-refractivity contribution is -0.151. The van der Waals surface area contributed by atoms with Gasteiger partial charge in [0.2, 0.25) is 5.91 Å². The fourth-order valence-electron chi connectivity index (χ4n) is 4.62. The molecule has 0 radical (unpaired) electrons. The van der Waals surface area contributed by atoms with Gasteiger partial charge in [-0.1, -0.05) is 48.5 Å². The van der Waals surface area contributed by atoms with Crippen LogP contribution in [-0.4, -0.2) is 59.6 Å². The molecule has 1 aliphatic heterocycles. The van der Waals surface area contributed by atoms with E-state index in [2.05, 4.69) is 17.2 Å². The predicted molar refractivity (Wildman–Crippen MR) is 123 cm³/mol. The minimum atomic E-state index is -3.56. The van der Waals surface area contributed by atoms with Crippen molar-refractivity contribution in [3.8, 4) is 23.0 Å². The van der Waals surface area contributed by atoms with Gasteiger partial charge in [-0.3, -0.25) is 9.59 Å². The lowest BCUT2D eigenvalue weighted by atomic mass is 9.98. The highest BCUT2D eigenvalue weighted by atomic mass is 19.3. The molecule has 1 saturated heterocycles. The highest BCUT2D eigenvalue weighted by Crippen LogP contribution is 2.44. The number of carboxylic acid groups (broad SMARTS) is 1. The molecule has 2 aromatic rings.